The molecule has 274 valence electrons. The molecule has 3 heteroatoms. The van der Waals surface area contributed by atoms with Crippen molar-refractivity contribution >= 4 is 0 Å². The van der Waals surface area contributed by atoms with Gasteiger partial charge in [0.05, 0.1) is 24.4 Å². The molecule has 0 aromatic heterocycles. The molecule has 8 fully saturated rings. The van der Waals surface area contributed by atoms with Crippen LogP contribution in [0.1, 0.15) is 165 Å². The summed E-state index contributed by atoms with van der Waals surface area (Å²) >= 11 is 0. The minimum Gasteiger partial charge on any atom is -0.374 e. The lowest BCUT2D eigenvalue weighted by molar-refractivity contribution is -0.395. The van der Waals surface area contributed by atoms with Crippen molar-refractivity contribution in [1.29, 1.82) is 0 Å². The van der Waals surface area contributed by atoms with Crippen LogP contribution >= 0.6 is 0 Å². The molecule has 8 rings (SSSR count). The minimum atomic E-state index is -0.441. The van der Waals surface area contributed by atoms with Gasteiger partial charge in [-0.05, 0) is 140 Å². The Balaban J connectivity index is 1.30. The van der Waals surface area contributed by atoms with E-state index in [4.69, 9.17) is 14.2 Å². The van der Waals surface area contributed by atoms with Gasteiger partial charge in [0, 0.05) is 18.3 Å². The predicted molar refractivity (Wildman–Crippen MR) is 196 cm³/mol. The fraction of sp³-hybridized carbons (Fsp3) is 1.00. The summed E-state index contributed by atoms with van der Waals surface area (Å²) in [6, 6.07) is 0. The molecule has 8 aliphatic rings. The van der Waals surface area contributed by atoms with Gasteiger partial charge in [-0.2, -0.15) is 0 Å². The summed E-state index contributed by atoms with van der Waals surface area (Å²) in [7, 11) is 0. The molecule has 0 radical (unpaired) electrons. The van der Waals surface area contributed by atoms with E-state index < -0.39 is 5.79 Å². The summed E-state index contributed by atoms with van der Waals surface area (Å²) in [6.07, 6.45) is 22.9. The lowest BCUT2D eigenvalue weighted by Gasteiger charge is -2.60. The lowest BCUT2D eigenvalue weighted by atomic mass is 9.51. The Morgan fingerprint density at radius 1 is 0.521 bits per heavy atom. The Kier molecular flexibility index (Phi) is 9.30. The molecule has 2 saturated heterocycles. The third kappa shape index (κ3) is 5.01. The zero-order valence-electron chi connectivity index (χ0n) is 32.9. The van der Waals surface area contributed by atoms with E-state index in [2.05, 4.69) is 62.3 Å². The molecular weight excluding hydrogens is 588 g/mol. The van der Waals surface area contributed by atoms with Crippen molar-refractivity contribution in [2.45, 2.75) is 195 Å². The second-order valence-electron chi connectivity index (χ2n) is 20.4. The minimum absolute atomic E-state index is 0.187. The van der Waals surface area contributed by atoms with Gasteiger partial charge >= 0.3 is 0 Å². The predicted octanol–water partition coefficient (Wildman–Crippen LogP) is 11.7. The van der Waals surface area contributed by atoms with Crippen LogP contribution in [0, 0.1) is 87.8 Å². The molecule has 6 saturated carbocycles. The first-order valence-electron chi connectivity index (χ1n) is 22.0. The molecule has 17 atom stereocenters. The van der Waals surface area contributed by atoms with Gasteiger partial charge in [-0.3, -0.25) is 0 Å². The fourth-order valence-corrected chi connectivity index (χ4v) is 15.8. The van der Waals surface area contributed by atoms with Gasteiger partial charge in [-0.1, -0.05) is 94.4 Å². The molecule has 3 nitrogen and oxygen atoms in total. The Hall–Kier alpha value is -0.120. The largest absolute Gasteiger partial charge is 0.374 e. The van der Waals surface area contributed by atoms with Gasteiger partial charge in [0.2, 0.25) is 0 Å². The average Bonchev–Trinajstić information content (AvgIpc) is 3.60. The zero-order valence-corrected chi connectivity index (χ0v) is 32.9. The van der Waals surface area contributed by atoms with Crippen LogP contribution in [0.5, 0.6) is 0 Å². The fourth-order valence-electron chi connectivity index (χ4n) is 15.8. The standard InChI is InChI=1S/C45H76O3/c1-10-43(8,11-2)35-25-36(44(9,12-3)13-4)48-45(47-35)41-28(7)24-34-40(38-30-19-15-14-18-29(30)21-22-33(38)46-34)39(41)32-23-27(6)37-26(5)17-16-20-31(37)42(32)45/h26-42H,10-25H2,1-9H3. The van der Waals surface area contributed by atoms with E-state index in [1.165, 1.54) is 96.3 Å². The normalized spacial score (nSPS) is 53.3. The van der Waals surface area contributed by atoms with E-state index in [0.29, 0.717) is 35.9 Å². The Labute approximate surface area is 296 Å². The highest BCUT2D eigenvalue weighted by Crippen LogP contribution is 2.73. The van der Waals surface area contributed by atoms with E-state index in [9.17, 15) is 0 Å². The smallest absolute Gasteiger partial charge is 0.175 e. The summed E-state index contributed by atoms with van der Waals surface area (Å²) in [5, 5.41) is 0. The molecule has 2 heterocycles. The number of hydrogen-bond donors (Lipinski definition) is 0. The van der Waals surface area contributed by atoms with E-state index in [1.807, 2.05) is 0 Å². The highest BCUT2D eigenvalue weighted by molar-refractivity contribution is 5.19. The van der Waals surface area contributed by atoms with Crippen LogP contribution < -0.4 is 0 Å². The van der Waals surface area contributed by atoms with E-state index in [0.717, 1.165) is 59.7 Å². The number of rotatable bonds is 6. The second-order valence-corrected chi connectivity index (χ2v) is 20.4. The molecule has 48 heavy (non-hydrogen) atoms. The number of hydrogen-bond acceptors (Lipinski definition) is 3. The van der Waals surface area contributed by atoms with E-state index in [1.54, 1.807) is 0 Å². The summed E-state index contributed by atoms with van der Waals surface area (Å²) in [5.74, 6) is 9.19. The van der Waals surface area contributed by atoms with Crippen LogP contribution in [0.25, 0.3) is 0 Å². The molecular formula is C45H76O3. The first-order valence-corrected chi connectivity index (χ1v) is 22.0. The quantitative estimate of drug-likeness (QED) is 0.283. The molecule has 17 unspecified atom stereocenters. The highest BCUT2D eigenvalue weighted by atomic mass is 16.7. The number of fused-ring (bicyclic) bond motifs is 13. The monoisotopic (exact) mass is 665 g/mol. The van der Waals surface area contributed by atoms with Gasteiger partial charge in [0.1, 0.15) is 0 Å². The van der Waals surface area contributed by atoms with Crippen molar-refractivity contribution in [2.75, 3.05) is 0 Å². The summed E-state index contributed by atoms with van der Waals surface area (Å²) in [4.78, 5) is 0. The Bertz CT molecular complexity index is 1110. The van der Waals surface area contributed by atoms with Gasteiger partial charge in [0.15, 0.2) is 5.79 Å². The molecule has 0 aromatic carbocycles. The Morgan fingerprint density at radius 3 is 1.83 bits per heavy atom. The SMILES string of the molecule is CCC(C)(CC)C1CC(C(C)(CC)CC)OC2(O1)C1C3CCCC(C)C3C(C)CC1C1C3C(CC(C)C12)OC1CCC2CCCCC2C13. The van der Waals surface area contributed by atoms with Crippen molar-refractivity contribution in [2.24, 2.45) is 87.8 Å². The third-order valence-electron chi connectivity index (χ3n) is 18.9. The first kappa shape index (κ1) is 34.9. The lowest BCUT2D eigenvalue weighted by Crippen LogP contribution is -2.64. The van der Waals surface area contributed by atoms with Crippen molar-refractivity contribution in [3.63, 3.8) is 0 Å². The zero-order chi connectivity index (χ0) is 33.7. The molecule has 1 spiro atoms. The topological polar surface area (TPSA) is 27.7 Å². The van der Waals surface area contributed by atoms with Gasteiger partial charge < -0.3 is 14.2 Å². The maximum atomic E-state index is 8.15. The maximum Gasteiger partial charge on any atom is 0.175 e. The van der Waals surface area contributed by atoms with Crippen LogP contribution in [0.15, 0.2) is 0 Å². The average molecular weight is 665 g/mol. The van der Waals surface area contributed by atoms with Crippen LogP contribution in [-0.2, 0) is 14.2 Å². The second kappa shape index (κ2) is 12.8. The first-order chi connectivity index (χ1) is 23.0. The number of ether oxygens (including phenoxy) is 3. The molecule has 2 aliphatic heterocycles. The highest BCUT2D eigenvalue weighted by Gasteiger charge is 2.75. The Morgan fingerprint density at radius 2 is 1.17 bits per heavy atom. The van der Waals surface area contributed by atoms with Crippen LogP contribution in [0.3, 0.4) is 0 Å². The van der Waals surface area contributed by atoms with Gasteiger partial charge in [0.25, 0.3) is 0 Å². The van der Waals surface area contributed by atoms with Crippen molar-refractivity contribution < 1.29 is 14.2 Å². The van der Waals surface area contributed by atoms with Crippen LogP contribution in [0.2, 0.25) is 0 Å². The van der Waals surface area contributed by atoms with Gasteiger partial charge in [-0.25, -0.2) is 0 Å². The summed E-state index contributed by atoms with van der Waals surface area (Å²) in [6.45, 7) is 22.8. The van der Waals surface area contributed by atoms with E-state index >= 15 is 0 Å². The van der Waals surface area contributed by atoms with Crippen LogP contribution in [0.4, 0.5) is 0 Å². The molecule has 6 aliphatic carbocycles. The van der Waals surface area contributed by atoms with Gasteiger partial charge in [-0.15, -0.1) is 0 Å². The summed E-state index contributed by atoms with van der Waals surface area (Å²) < 4.78 is 23.6. The van der Waals surface area contributed by atoms with Crippen molar-refractivity contribution in [3.8, 4) is 0 Å². The molecule has 0 amide bonds. The van der Waals surface area contributed by atoms with Crippen molar-refractivity contribution in [1.82, 2.24) is 0 Å². The summed E-state index contributed by atoms with van der Waals surface area (Å²) in [5.41, 5.74) is 0.375. The van der Waals surface area contributed by atoms with Crippen LogP contribution in [-0.4, -0.2) is 30.2 Å². The van der Waals surface area contributed by atoms with Crippen molar-refractivity contribution in [3.05, 3.63) is 0 Å². The molecule has 0 aromatic rings. The molecule has 0 bridgehead atoms. The maximum absolute atomic E-state index is 8.15. The third-order valence-corrected chi connectivity index (χ3v) is 18.9. The van der Waals surface area contributed by atoms with E-state index in [-0.39, 0.29) is 23.0 Å². The molecule has 0 N–H and O–H groups in total.